The highest BCUT2D eigenvalue weighted by Crippen LogP contribution is 2.35. The molecule has 0 bridgehead atoms. The summed E-state index contributed by atoms with van der Waals surface area (Å²) in [5, 5.41) is 0. The lowest BCUT2D eigenvalue weighted by Crippen LogP contribution is -2.29. The van der Waals surface area contributed by atoms with Gasteiger partial charge in [-0.3, -0.25) is 9.59 Å². The largest absolute Gasteiger partial charge is 0.468 e. The fourth-order valence-electron chi connectivity index (χ4n) is 1.87. The van der Waals surface area contributed by atoms with Crippen LogP contribution in [-0.2, 0) is 15.8 Å². The Morgan fingerprint density at radius 3 is 2.35 bits per heavy atom. The maximum absolute atomic E-state index is 12.6. The molecule has 0 fully saturated rings. The molecule has 0 saturated heterocycles. The van der Waals surface area contributed by atoms with Crippen molar-refractivity contribution in [3.05, 3.63) is 36.2 Å². The van der Waals surface area contributed by atoms with E-state index in [4.69, 9.17) is 0 Å². The van der Waals surface area contributed by atoms with Crippen molar-refractivity contribution in [2.75, 3.05) is 4.90 Å². The number of rotatable bonds is 1. The van der Waals surface area contributed by atoms with Gasteiger partial charge in [-0.25, -0.2) is 9.88 Å². The third-order valence-corrected chi connectivity index (χ3v) is 2.69. The van der Waals surface area contributed by atoms with Crippen molar-refractivity contribution in [1.29, 1.82) is 0 Å². The van der Waals surface area contributed by atoms with Gasteiger partial charge < -0.3 is 4.42 Å². The Balaban J connectivity index is 2.20. The van der Waals surface area contributed by atoms with Crippen LogP contribution in [0, 0.1) is 0 Å². The van der Waals surface area contributed by atoms with Gasteiger partial charge in [0.15, 0.2) is 5.58 Å². The predicted octanol–water partition coefficient (Wildman–Crippen LogP) is 2.28. The first-order valence-corrected chi connectivity index (χ1v) is 5.41. The average Bonchev–Trinajstić information content (AvgIpc) is 2.93. The minimum atomic E-state index is -4.74. The summed E-state index contributed by atoms with van der Waals surface area (Å²) in [5.41, 5.74) is -0.380. The van der Waals surface area contributed by atoms with E-state index in [1.54, 1.807) is 0 Å². The van der Waals surface area contributed by atoms with E-state index in [1.165, 1.54) is 18.2 Å². The summed E-state index contributed by atoms with van der Waals surface area (Å²) in [7, 11) is 0. The minimum Gasteiger partial charge on any atom is -0.433 e. The second-order valence-electron chi connectivity index (χ2n) is 3.99. The zero-order valence-electron chi connectivity index (χ0n) is 9.64. The Kier molecular flexibility index (Phi) is 2.43. The molecule has 2 aromatic rings. The fraction of sp³-hybridized carbons (Fsp3) is 0.0833. The fourth-order valence-corrected chi connectivity index (χ4v) is 1.87. The number of para-hydroxylation sites is 1. The Hall–Kier alpha value is -2.64. The van der Waals surface area contributed by atoms with E-state index in [-0.39, 0.29) is 16.8 Å². The monoisotopic (exact) mass is 282 g/mol. The van der Waals surface area contributed by atoms with Gasteiger partial charge in [-0.2, -0.15) is 13.2 Å². The van der Waals surface area contributed by atoms with Crippen LogP contribution >= 0.6 is 0 Å². The zero-order chi connectivity index (χ0) is 14.5. The SMILES string of the molecule is O=C1C=CC(=O)N1c1cccc2oc(C(F)(F)F)nc12. The summed E-state index contributed by atoms with van der Waals surface area (Å²) in [4.78, 5) is 27.2. The molecule has 1 aromatic carbocycles. The van der Waals surface area contributed by atoms with E-state index < -0.39 is 23.9 Å². The number of hydrogen-bond donors (Lipinski definition) is 0. The quantitative estimate of drug-likeness (QED) is 0.753. The summed E-state index contributed by atoms with van der Waals surface area (Å²) in [6.45, 7) is 0. The second kappa shape index (κ2) is 3.92. The number of halogens is 3. The Labute approximate surface area is 109 Å². The van der Waals surface area contributed by atoms with Crippen LogP contribution in [0.3, 0.4) is 0 Å². The molecule has 0 radical (unpaired) electrons. The van der Waals surface area contributed by atoms with Gasteiger partial charge >= 0.3 is 12.1 Å². The lowest BCUT2D eigenvalue weighted by molar-refractivity contribution is -0.156. The van der Waals surface area contributed by atoms with Crippen molar-refractivity contribution in [1.82, 2.24) is 4.98 Å². The molecule has 0 atom stereocenters. The molecule has 2 heterocycles. The number of alkyl halides is 3. The highest BCUT2D eigenvalue weighted by atomic mass is 19.4. The van der Waals surface area contributed by atoms with Crippen LogP contribution in [0.4, 0.5) is 18.9 Å². The molecular formula is C12H5F3N2O3. The lowest BCUT2D eigenvalue weighted by Gasteiger charge is -2.13. The lowest BCUT2D eigenvalue weighted by atomic mass is 10.2. The molecule has 1 aliphatic heterocycles. The molecule has 0 N–H and O–H groups in total. The molecule has 1 aromatic heterocycles. The Bertz CT molecular complexity index is 743. The first kappa shape index (κ1) is 12.4. The zero-order valence-corrected chi connectivity index (χ0v) is 9.64. The number of oxazole rings is 1. The molecular weight excluding hydrogens is 277 g/mol. The molecule has 8 heteroatoms. The molecule has 0 saturated carbocycles. The third-order valence-electron chi connectivity index (χ3n) is 2.69. The van der Waals surface area contributed by atoms with Gasteiger partial charge in [-0.05, 0) is 12.1 Å². The molecule has 0 aliphatic carbocycles. The normalized spacial score (nSPS) is 15.7. The van der Waals surface area contributed by atoms with E-state index >= 15 is 0 Å². The van der Waals surface area contributed by atoms with Crippen LogP contribution in [0.15, 0.2) is 34.8 Å². The summed E-state index contributed by atoms with van der Waals surface area (Å²) in [6.07, 6.45) is -2.68. The first-order chi connectivity index (χ1) is 9.38. The smallest absolute Gasteiger partial charge is 0.433 e. The number of imide groups is 1. The number of aromatic nitrogens is 1. The third kappa shape index (κ3) is 1.77. The molecule has 20 heavy (non-hydrogen) atoms. The van der Waals surface area contributed by atoms with Crippen molar-refractivity contribution in [2.45, 2.75) is 6.18 Å². The van der Waals surface area contributed by atoms with E-state index in [0.29, 0.717) is 0 Å². The van der Waals surface area contributed by atoms with Crippen LogP contribution in [0.1, 0.15) is 5.89 Å². The second-order valence-corrected chi connectivity index (χ2v) is 3.99. The molecule has 0 spiro atoms. The molecule has 5 nitrogen and oxygen atoms in total. The summed E-state index contributed by atoms with van der Waals surface area (Å²) < 4.78 is 42.3. The maximum Gasteiger partial charge on any atom is 0.468 e. The van der Waals surface area contributed by atoms with E-state index in [0.717, 1.165) is 17.1 Å². The summed E-state index contributed by atoms with van der Waals surface area (Å²) in [5.74, 6) is -2.70. The van der Waals surface area contributed by atoms with Gasteiger partial charge in [-0.15, -0.1) is 0 Å². The number of anilines is 1. The van der Waals surface area contributed by atoms with Crippen LogP contribution in [0.2, 0.25) is 0 Å². The van der Waals surface area contributed by atoms with Crippen LogP contribution in [0.25, 0.3) is 11.1 Å². The Morgan fingerprint density at radius 1 is 1.10 bits per heavy atom. The van der Waals surface area contributed by atoms with Gasteiger partial charge in [0.25, 0.3) is 11.8 Å². The van der Waals surface area contributed by atoms with Crippen molar-refractivity contribution in [2.24, 2.45) is 0 Å². The van der Waals surface area contributed by atoms with Crippen LogP contribution in [0.5, 0.6) is 0 Å². The number of fused-ring (bicyclic) bond motifs is 1. The van der Waals surface area contributed by atoms with Crippen molar-refractivity contribution in [3.63, 3.8) is 0 Å². The number of amides is 2. The Morgan fingerprint density at radius 2 is 1.75 bits per heavy atom. The van der Waals surface area contributed by atoms with Gasteiger partial charge in [0.1, 0.15) is 5.52 Å². The van der Waals surface area contributed by atoms with E-state index in [9.17, 15) is 22.8 Å². The van der Waals surface area contributed by atoms with Crippen molar-refractivity contribution >= 4 is 28.6 Å². The van der Waals surface area contributed by atoms with Crippen molar-refractivity contribution in [3.8, 4) is 0 Å². The van der Waals surface area contributed by atoms with Gasteiger partial charge in [0.2, 0.25) is 0 Å². The van der Waals surface area contributed by atoms with E-state index in [2.05, 4.69) is 9.40 Å². The number of carbonyl (C=O) groups is 2. The van der Waals surface area contributed by atoms with Crippen LogP contribution in [-0.4, -0.2) is 16.8 Å². The molecule has 0 unspecified atom stereocenters. The van der Waals surface area contributed by atoms with Gasteiger partial charge in [0, 0.05) is 12.2 Å². The first-order valence-electron chi connectivity index (χ1n) is 5.41. The highest BCUT2D eigenvalue weighted by Gasteiger charge is 2.38. The van der Waals surface area contributed by atoms with Gasteiger partial charge in [-0.1, -0.05) is 6.07 Å². The van der Waals surface area contributed by atoms with Crippen molar-refractivity contribution < 1.29 is 27.2 Å². The average molecular weight is 282 g/mol. The minimum absolute atomic E-state index is 0.0400. The highest BCUT2D eigenvalue weighted by molar-refractivity contribution is 6.29. The number of carbonyl (C=O) groups excluding carboxylic acids is 2. The van der Waals surface area contributed by atoms with E-state index in [1.807, 2.05) is 0 Å². The topological polar surface area (TPSA) is 63.4 Å². The number of nitrogens with zero attached hydrogens (tertiary/aromatic N) is 2. The summed E-state index contributed by atoms with van der Waals surface area (Å²) >= 11 is 0. The molecule has 3 rings (SSSR count). The predicted molar refractivity (Wildman–Crippen MR) is 60.6 cm³/mol. The summed E-state index contributed by atoms with van der Waals surface area (Å²) in [6, 6.07) is 3.98. The molecule has 102 valence electrons. The molecule has 2 amide bonds. The maximum atomic E-state index is 12.6. The number of benzene rings is 1. The standard InChI is InChI=1S/C12H5F3N2O3/c13-12(14,15)11-16-10-6(2-1-3-7(10)20-11)17-8(18)4-5-9(17)19/h1-5H. The number of hydrogen-bond acceptors (Lipinski definition) is 4. The molecule has 1 aliphatic rings. The van der Waals surface area contributed by atoms with Gasteiger partial charge in [0.05, 0.1) is 5.69 Å². The van der Waals surface area contributed by atoms with Crippen LogP contribution < -0.4 is 4.90 Å².